The molecule has 11 aromatic rings. The Balaban J connectivity index is 1.08. The maximum atomic E-state index is 4.96. The number of para-hydroxylation sites is 3. The van der Waals surface area contributed by atoms with Crippen LogP contribution in [-0.4, -0.2) is 24.1 Å². The predicted molar refractivity (Wildman–Crippen MR) is 222 cm³/mol. The van der Waals surface area contributed by atoms with E-state index in [1.165, 1.54) is 48.9 Å². The first-order chi connectivity index (χ1) is 26.8. The van der Waals surface area contributed by atoms with Crippen molar-refractivity contribution in [1.82, 2.24) is 24.1 Å². The van der Waals surface area contributed by atoms with Crippen molar-refractivity contribution in [2.75, 3.05) is 0 Å². The summed E-state index contributed by atoms with van der Waals surface area (Å²) in [5, 5.41) is 7.36. The molecule has 0 aliphatic carbocycles. The van der Waals surface area contributed by atoms with Crippen LogP contribution in [0.15, 0.2) is 188 Å². The van der Waals surface area contributed by atoms with E-state index >= 15 is 0 Å². The van der Waals surface area contributed by atoms with Gasteiger partial charge < -0.3 is 9.13 Å². The van der Waals surface area contributed by atoms with Gasteiger partial charge in [-0.25, -0.2) is 15.0 Å². The van der Waals surface area contributed by atoms with Gasteiger partial charge in [0.2, 0.25) is 0 Å². The summed E-state index contributed by atoms with van der Waals surface area (Å²) in [6.45, 7) is 0. The van der Waals surface area contributed by atoms with Gasteiger partial charge in [0.05, 0.1) is 22.1 Å². The van der Waals surface area contributed by atoms with Gasteiger partial charge in [0.25, 0.3) is 0 Å². The summed E-state index contributed by atoms with van der Waals surface area (Å²) >= 11 is 0. The van der Waals surface area contributed by atoms with Crippen molar-refractivity contribution in [1.29, 1.82) is 0 Å². The van der Waals surface area contributed by atoms with Crippen LogP contribution in [0.25, 0.3) is 99.9 Å². The molecule has 0 N–H and O–H groups in total. The van der Waals surface area contributed by atoms with E-state index in [1.807, 2.05) is 60.7 Å². The minimum absolute atomic E-state index is 0.640. The second-order valence-corrected chi connectivity index (χ2v) is 13.7. The standard InChI is InChI=1S/C49H31N5/c1-4-14-32(15-5-1)47-50-48(33-16-6-2-7-17-33)52-49(51-47)34-24-26-38(27-25-34)54-44-23-13-11-21-40(44)42-29-35-30-45-41(28-36(35)31-46(42)54)39-20-10-12-22-43(39)53(45)37-18-8-3-9-19-37/h1-31H. The van der Waals surface area contributed by atoms with Crippen LogP contribution in [0.1, 0.15) is 0 Å². The van der Waals surface area contributed by atoms with E-state index in [0.29, 0.717) is 17.5 Å². The molecule has 11 rings (SSSR count). The molecule has 0 saturated carbocycles. The van der Waals surface area contributed by atoms with Gasteiger partial charge in [-0.05, 0) is 83.6 Å². The third-order valence-corrected chi connectivity index (χ3v) is 10.5. The number of hydrogen-bond acceptors (Lipinski definition) is 3. The summed E-state index contributed by atoms with van der Waals surface area (Å²) in [6.07, 6.45) is 0. The van der Waals surface area contributed by atoms with Gasteiger partial charge in [0.15, 0.2) is 17.5 Å². The van der Waals surface area contributed by atoms with Crippen LogP contribution in [-0.2, 0) is 0 Å². The Morgan fingerprint density at radius 1 is 0.278 bits per heavy atom. The molecule has 0 saturated heterocycles. The Morgan fingerprint density at radius 2 is 0.648 bits per heavy atom. The molecule has 0 unspecified atom stereocenters. The molecular formula is C49H31N5. The monoisotopic (exact) mass is 689 g/mol. The highest BCUT2D eigenvalue weighted by molar-refractivity contribution is 6.18. The largest absolute Gasteiger partial charge is 0.309 e. The predicted octanol–water partition coefficient (Wildman–Crippen LogP) is 12.2. The molecular weight excluding hydrogens is 659 g/mol. The minimum atomic E-state index is 0.640. The number of benzene rings is 8. The SMILES string of the molecule is c1ccc(-c2nc(-c3ccccc3)nc(-c3ccc(-n4c5ccccc5c5cc6cc7c(cc6cc54)c4ccccc4n7-c4ccccc4)cc3)n2)cc1. The van der Waals surface area contributed by atoms with Gasteiger partial charge in [-0.1, -0.05) is 115 Å². The van der Waals surface area contributed by atoms with Gasteiger partial charge in [-0.15, -0.1) is 0 Å². The topological polar surface area (TPSA) is 48.5 Å². The zero-order valence-corrected chi connectivity index (χ0v) is 29.1. The van der Waals surface area contributed by atoms with Crippen LogP contribution in [0, 0.1) is 0 Å². The molecule has 0 atom stereocenters. The van der Waals surface area contributed by atoms with Crippen molar-refractivity contribution >= 4 is 54.4 Å². The highest BCUT2D eigenvalue weighted by atomic mass is 15.0. The fourth-order valence-corrected chi connectivity index (χ4v) is 8.01. The van der Waals surface area contributed by atoms with E-state index in [9.17, 15) is 0 Å². The Hall–Kier alpha value is -7.37. The molecule has 0 fully saturated rings. The van der Waals surface area contributed by atoms with Crippen LogP contribution < -0.4 is 0 Å². The summed E-state index contributed by atoms with van der Waals surface area (Å²) < 4.78 is 4.76. The molecule has 0 radical (unpaired) electrons. The smallest absolute Gasteiger partial charge is 0.164 e. The molecule has 3 aromatic heterocycles. The third kappa shape index (κ3) is 4.83. The highest BCUT2D eigenvalue weighted by Gasteiger charge is 2.18. The van der Waals surface area contributed by atoms with Crippen molar-refractivity contribution in [2.45, 2.75) is 0 Å². The quantitative estimate of drug-likeness (QED) is 0.181. The molecule has 0 spiro atoms. The average Bonchev–Trinajstić information content (AvgIpc) is 3.74. The summed E-state index contributed by atoms with van der Waals surface area (Å²) in [4.78, 5) is 14.8. The van der Waals surface area contributed by atoms with E-state index in [4.69, 9.17) is 15.0 Å². The van der Waals surface area contributed by atoms with Gasteiger partial charge in [0.1, 0.15) is 0 Å². The van der Waals surface area contributed by atoms with Crippen molar-refractivity contribution < 1.29 is 0 Å². The Bertz CT molecular complexity index is 3120. The summed E-state index contributed by atoms with van der Waals surface area (Å²) in [5.41, 5.74) is 9.82. The number of fused-ring (bicyclic) bond motifs is 7. The van der Waals surface area contributed by atoms with Crippen molar-refractivity contribution in [3.05, 3.63) is 188 Å². The molecule has 5 nitrogen and oxygen atoms in total. The lowest BCUT2D eigenvalue weighted by Gasteiger charge is -2.11. The molecule has 0 aliphatic heterocycles. The van der Waals surface area contributed by atoms with E-state index in [0.717, 1.165) is 33.6 Å². The lowest BCUT2D eigenvalue weighted by Crippen LogP contribution is -2.00. The summed E-state index contributed by atoms with van der Waals surface area (Å²) in [5.74, 6) is 1.94. The highest BCUT2D eigenvalue weighted by Crippen LogP contribution is 2.39. The van der Waals surface area contributed by atoms with Crippen LogP contribution >= 0.6 is 0 Å². The lowest BCUT2D eigenvalue weighted by atomic mass is 10.0. The maximum absolute atomic E-state index is 4.96. The summed E-state index contributed by atoms with van der Waals surface area (Å²) in [6, 6.07) is 66.3. The van der Waals surface area contributed by atoms with E-state index in [1.54, 1.807) is 0 Å². The number of aromatic nitrogens is 5. The lowest BCUT2D eigenvalue weighted by molar-refractivity contribution is 1.07. The molecule has 8 aromatic carbocycles. The molecule has 252 valence electrons. The fraction of sp³-hybridized carbons (Fsp3) is 0. The van der Waals surface area contributed by atoms with Crippen LogP contribution in [0.5, 0.6) is 0 Å². The first kappa shape index (κ1) is 30.3. The molecule has 54 heavy (non-hydrogen) atoms. The zero-order valence-electron chi connectivity index (χ0n) is 29.1. The molecule has 0 amide bonds. The number of hydrogen-bond donors (Lipinski definition) is 0. The average molecular weight is 690 g/mol. The van der Waals surface area contributed by atoms with E-state index in [2.05, 4.69) is 137 Å². The van der Waals surface area contributed by atoms with Gasteiger partial charge in [-0.2, -0.15) is 0 Å². The van der Waals surface area contributed by atoms with Gasteiger partial charge in [0, 0.05) is 49.6 Å². The normalized spacial score (nSPS) is 11.7. The van der Waals surface area contributed by atoms with Crippen molar-refractivity contribution in [3.8, 4) is 45.5 Å². The van der Waals surface area contributed by atoms with E-state index in [-0.39, 0.29) is 0 Å². The van der Waals surface area contributed by atoms with Gasteiger partial charge >= 0.3 is 0 Å². The van der Waals surface area contributed by atoms with Crippen molar-refractivity contribution in [3.63, 3.8) is 0 Å². The second kappa shape index (κ2) is 12.1. The third-order valence-electron chi connectivity index (χ3n) is 10.5. The Labute approximate surface area is 311 Å². The summed E-state index contributed by atoms with van der Waals surface area (Å²) in [7, 11) is 0. The molecule has 0 aliphatic rings. The fourth-order valence-electron chi connectivity index (χ4n) is 8.01. The number of nitrogens with zero attached hydrogens (tertiary/aromatic N) is 5. The van der Waals surface area contributed by atoms with Crippen molar-refractivity contribution in [2.24, 2.45) is 0 Å². The van der Waals surface area contributed by atoms with E-state index < -0.39 is 0 Å². The zero-order chi connectivity index (χ0) is 35.6. The molecule has 3 heterocycles. The van der Waals surface area contributed by atoms with Crippen LogP contribution in [0.3, 0.4) is 0 Å². The maximum Gasteiger partial charge on any atom is 0.164 e. The second-order valence-electron chi connectivity index (χ2n) is 13.7. The molecule has 5 heteroatoms. The first-order valence-electron chi connectivity index (χ1n) is 18.2. The van der Waals surface area contributed by atoms with Crippen LogP contribution in [0.4, 0.5) is 0 Å². The molecule has 0 bridgehead atoms. The van der Waals surface area contributed by atoms with Crippen LogP contribution in [0.2, 0.25) is 0 Å². The minimum Gasteiger partial charge on any atom is -0.309 e. The number of rotatable bonds is 5. The first-order valence-corrected chi connectivity index (χ1v) is 18.2. The Kier molecular flexibility index (Phi) is 6.79. The Morgan fingerprint density at radius 3 is 1.11 bits per heavy atom. The van der Waals surface area contributed by atoms with Gasteiger partial charge in [-0.3, -0.25) is 0 Å².